The molecule has 2 heterocycles. The van der Waals surface area contributed by atoms with Crippen molar-refractivity contribution in [2.24, 2.45) is 4.99 Å². The van der Waals surface area contributed by atoms with E-state index in [0.29, 0.717) is 10.1 Å². The van der Waals surface area contributed by atoms with Gasteiger partial charge >= 0.3 is 0 Å². The fourth-order valence-electron chi connectivity index (χ4n) is 4.64. The van der Waals surface area contributed by atoms with Gasteiger partial charge in [0, 0.05) is 17.1 Å². The molecule has 0 unspecified atom stereocenters. The molecule has 0 N–H and O–H groups in total. The lowest BCUT2D eigenvalue weighted by molar-refractivity contribution is -0.113. The van der Waals surface area contributed by atoms with E-state index in [1.165, 1.54) is 35.0 Å². The van der Waals surface area contributed by atoms with E-state index in [2.05, 4.69) is 48.7 Å². The van der Waals surface area contributed by atoms with E-state index in [1.54, 1.807) is 17.0 Å². The summed E-state index contributed by atoms with van der Waals surface area (Å²) < 4.78 is 15.6. The number of amides is 1. The number of carbonyl (C=O) groups excluding carboxylic acids is 1. The number of aryl methyl sites for hydroxylation is 3. The lowest BCUT2D eigenvalue weighted by Gasteiger charge is -2.16. The molecular formula is C32H30FN3OS. The van der Waals surface area contributed by atoms with Gasteiger partial charge in [0.25, 0.3) is 5.91 Å². The normalized spacial score (nSPS) is 15.7. The second-order valence-corrected chi connectivity index (χ2v) is 10.3. The largest absolute Gasteiger partial charge is 0.318 e. The van der Waals surface area contributed by atoms with Gasteiger partial charge in [-0.05, 0) is 116 Å². The third kappa shape index (κ3) is 5.09. The van der Waals surface area contributed by atoms with Gasteiger partial charge < -0.3 is 4.57 Å². The summed E-state index contributed by atoms with van der Waals surface area (Å²) in [4.78, 5) is 21.0. The minimum Gasteiger partial charge on any atom is -0.318 e. The number of anilines is 1. The van der Waals surface area contributed by atoms with Gasteiger partial charge in [-0.3, -0.25) is 9.69 Å². The van der Waals surface area contributed by atoms with Crippen LogP contribution in [-0.4, -0.2) is 15.6 Å². The number of hydrogen-bond acceptors (Lipinski definition) is 3. The van der Waals surface area contributed by atoms with Crippen molar-refractivity contribution in [1.82, 2.24) is 4.57 Å². The van der Waals surface area contributed by atoms with Crippen molar-refractivity contribution in [3.05, 3.63) is 118 Å². The molecule has 1 saturated heterocycles. The van der Waals surface area contributed by atoms with Crippen LogP contribution in [-0.2, 0) is 17.6 Å². The third-order valence-electron chi connectivity index (χ3n) is 6.82. The quantitative estimate of drug-likeness (QED) is 0.239. The zero-order valence-electron chi connectivity index (χ0n) is 22.0. The van der Waals surface area contributed by atoms with Gasteiger partial charge in [0.15, 0.2) is 5.17 Å². The summed E-state index contributed by atoms with van der Waals surface area (Å²) in [6.45, 7) is 8.26. The molecule has 38 heavy (non-hydrogen) atoms. The summed E-state index contributed by atoms with van der Waals surface area (Å²) >= 11 is 1.38. The Labute approximate surface area is 227 Å². The Morgan fingerprint density at radius 3 is 2.03 bits per heavy atom. The Morgan fingerprint density at radius 1 is 0.842 bits per heavy atom. The molecule has 3 aromatic carbocycles. The highest BCUT2D eigenvalue weighted by Gasteiger charge is 2.35. The number of amidine groups is 1. The number of thioether (sulfide) groups is 1. The molecule has 1 amide bonds. The second-order valence-electron chi connectivity index (χ2n) is 9.32. The highest BCUT2D eigenvalue weighted by molar-refractivity contribution is 8.19. The van der Waals surface area contributed by atoms with E-state index in [9.17, 15) is 9.18 Å². The predicted octanol–water partition coefficient (Wildman–Crippen LogP) is 8.17. The van der Waals surface area contributed by atoms with Crippen LogP contribution in [0.3, 0.4) is 0 Å². The zero-order valence-corrected chi connectivity index (χ0v) is 22.8. The van der Waals surface area contributed by atoms with Gasteiger partial charge in [0.1, 0.15) is 5.82 Å². The molecule has 4 nitrogen and oxygen atoms in total. The summed E-state index contributed by atoms with van der Waals surface area (Å²) in [5.41, 5.74) is 7.87. The van der Waals surface area contributed by atoms with Gasteiger partial charge in [-0.2, -0.15) is 0 Å². The van der Waals surface area contributed by atoms with Crippen LogP contribution in [0.1, 0.15) is 41.9 Å². The molecule has 1 aromatic heterocycles. The van der Waals surface area contributed by atoms with Crippen LogP contribution >= 0.6 is 11.8 Å². The molecule has 192 valence electrons. The van der Waals surface area contributed by atoms with Crippen LogP contribution in [0.4, 0.5) is 15.8 Å². The number of aliphatic imine (C=N–C) groups is 1. The lowest BCUT2D eigenvalue weighted by atomic mass is 10.1. The first-order chi connectivity index (χ1) is 18.4. The number of halogens is 1. The Morgan fingerprint density at radius 2 is 1.42 bits per heavy atom. The average Bonchev–Trinajstić information content (AvgIpc) is 3.39. The average molecular weight is 524 g/mol. The van der Waals surface area contributed by atoms with Crippen molar-refractivity contribution in [3.8, 4) is 5.69 Å². The second kappa shape index (κ2) is 10.8. The maximum Gasteiger partial charge on any atom is 0.271 e. The van der Waals surface area contributed by atoms with Crippen molar-refractivity contribution in [1.29, 1.82) is 0 Å². The van der Waals surface area contributed by atoms with E-state index in [1.807, 2.05) is 44.2 Å². The van der Waals surface area contributed by atoms with Gasteiger partial charge in [-0.25, -0.2) is 9.38 Å². The van der Waals surface area contributed by atoms with Gasteiger partial charge in [-0.15, -0.1) is 0 Å². The van der Waals surface area contributed by atoms with Crippen molar-refractivity contribution < 1.29 is 9.18 Å². The first-order valence-corrected chi connectivity index (χ1v) is 13.6. The van der Waals surface area contributed by atoms with E-state index < -0.39 is 0 Å². The number of rotatable bonds is 6. The fourth-order valence-corrected chi connectivity index (χ4v) is 5.63. The van der Waals surface area contributed by atoms with Crippen LogP contribution in [0.5, 0.6) is 0 Å². The van der Waals surface area contributed by atoms with Crippen molar-refractivity contribution in [2.45, 2.75) is 40.5 Å². The maximum absolute atomic E-state index is 13.8. The lowest BCUT2D eigenvalue weighted by Crippen LogP contribution is -2.28. The van der Waals surface area contributed by atoms with Crippen LogP contribution < -0.4 is 4.90 Å². The molecule has 0 atom stereocenters. The standard InChI is InChI=1S/C32H30FN3OS/c1-5-23-7-13-27(14-8-23)34-32-36(29-15-9-24(6-2)10-16-29)31(37)30(38-32)20-25-19-21(3)35(22(25)4)28-17-11-26(33)12-18-28/h7-20H,5-6H2,1-4H3/b30-20-,34-32?. The first-order valence-electron chi connectivity index (χ1n) is 12.8. The number of nitrogens with zero attached hydrogens (tertiary/aromatic N) is 3. The van der Waals surface area contributed by atoms with Crippen LogP contribution in [0.2, 0.25) is 0 Å². The van der Waals surface area contributed by atoms with Crippen molar-refractivity contribution in [2.75, 3.05) is 4.90 Å². The molecule has 1 aliphatic rings. The molecule has 0 radical (unpaired) electrons. The summed E-state index contributed by atoms with van der Waals surface area (Å²) in [5.74, 6) is -0.371. The highest BCUT2D eigenvalue weighted by Crippen LogP contribution is 2.38. The maximum atomic E-state index is 13.8. The van der Waals surface area contributed by atoms with Crippen molar-refractivity contribution >= 4 is 40.3 Å². The van der Waals surface area contributed by atoms with Gasteiger partial charge in [0.2, 0.25) is 0 Å². The molecule has 0 saturated carbocycles. The highest BCUT2D eigenvalue weighted by atomic mass is 32.2. The van der Waals surface area contributed by atoms with Gasteiger partial charge in [0.05, 0.1) is 16.3 Å². The molecular weight excluding hydrogens is 493 g/mol. The third-order valence-corrected chi connectivity index (χ3v) is 7.79. The van der Waals surface area contributed by atoms with E-state index in [4.69, 9.17) is 4.99 Å². The smallest absolute Gasteiger partial charge is 0.271 e. The monoisotopic (exact) mass is 523 g/mol. The minimum atomic E-state index is -0.269. The fraction of sp³-hybridized carbons (Fsp3) is 0.188. The van der Waals surface area contributed by atoms with E-state index in [-0.39, 0.29) is 11.7 Å². The number of aromatic nitrogens is 1. The number of carbonyl (C=O) groups is 1. The SMILES string of the molecule is CCc1ccc(N=C2S/C(=C\c3cc(C)n(-c4ccc(F)cc4)c3C)C(=O)N2c2ccc(CC)cc2)cc1. The van der Waals surface area contributed by atoms with Gasteiger partial charge in [-0.1, -0.05) is 38.1 Å². The van der Waals surface area contributed by atoms with Crippen LogP contribution in [0.15, 0.2) is 88.8 Å². The first kappa shape index (κ1) is 25.7. The Hall–Kier alpha value is -3.90. The Bertz CT molecular complexity index is 1530. The zero-order chi connectivity index (χ0) is 26.8. The van der Waals surface area contributed by atoms with E-state index >= 15 is 0 Å². The molecule has 4 aromatic rings. The molecule has 0 bridgehead atoms. The topological polar surface area (TPSA) is 37.6 Å². The summed E-state index contributed by atoms with van der Waals surface area (Å²) in [7, 11) is 0. The van der Waals surface area contributed by atoms with Crippen LogP contribution in [0.25, 0.3) is 11.8 Å². The summed E-state index contributed by atoms with van der Waals surface area (Å²) in [6.07, 6.45) is 3.83. The molecule has 5 rings (SSSR count). The van der Waals surface area contributed by atoms with Crippen molar-refractivity contribution in [3.63, 3.8) is 0 Å². The van der Waals surface area contributed by atoms with E-state index in [0.717, 1.165) is 46.9 Å². The number of hydrogen-bond donors (Lipinski definition) is 0. The minimum absolute atomic E-state index is 0.102. The van der Waals surface area contributed by atoms with Crippen LogP contribution in [0, 0.1) is 19.7 Å². The summed E-state index contributed by atoms with van der Waals surface area (Å²) in [6, 6.07) is 24.7. The Balaban J connectivity index is 1.55. The Kier molecular flexibility index (Phi) is 7.34. The molecule has 1 fully saturated rings. The molecule has 6 heteroatoms. The molecule has 0 aliphatic carbocycles. The molecule has 0 spiro atoms. The summed E-state index contributed by atoms with van der Waals surface area (Å²) in [5, 5.41) is 0.627. The molecule has 1 aliphatic heterocycles. The predicted molar refractivity (Wildman–Crippen MR) is 157 cm³/mol. The number of benzene rings is 3.